The van der Waals surface area contributed by atoms with Gasteiger partial charge in [0.05, 0.1) is 25.5 Å². The number of piperidine rings is 1. The SMILES string of the molecule is COc1ccc(-c2nn(-c3ccccc3)cc2C(=O)N2CCC(c3n[nH]c(=S)o3)CC2)cc1OC. The lowest BCUT2D eigenvalue weighted by Crippen LogP contribution is -2.38. The molecule has 0 bridgehead atoms. The Hall–Kier alpha value is -3.92. The van der Waals surface area contributed by atoms with Crippen molar-refractivity contribution in [3.8, 4) is 28.4 Å². The number of likely N-dealkylation sites (tertiary alicyclic amines) is 1. The molecule has 1 fully saturated rings. The number of H-pyrrole nitrogens is 1. The summed E-state index contributed by atoms with van der Waals surface area (Å²) in [6, 6.07) is 15.3. The second-order valence-electron chi connectivity index (χ2n) is 8.26. The number of benzene rings is 2. The van der Waals surface area contributed by atoms with Crippen molar-refractivity contribution in [1.82, 2.24) is 24.9 Å². The molecule has 0 saturated carbocycles. The fourth-order valence-electron chi connectivity index (χ4n) is 4.36. The molecule has 5 rings (SSSR count). The standard InChI is InChI=1S/C25H25N5O4S/c1-32-20-9-8-17(14-21(20)33-2)22-19(15-30(28-22)18-6-4-3-5-7-18)24(31)29-12-10-16(11-13-29)23-26-27-25(35)34-23/h3-9,14-16H,10-13H2,1-2H3,(H,27,35). The molecule has 1 amide bonds. The van der Waals surface area contributed by atoms with E-state index in [1.165, 1.54) is 0 Å². The Bertz CT molecular complexity index is 1390. The van der Waals surface area contributed by atoms with Gasteiger partial charge >= 0.3 is 0 Å². The van der Waals surface area contributed by atoms with E-state index in [2.05, 4.69) is 10.2 Å². The Kier molecular flexibility index (Phi) is 6.37. The predicted octanol–water partition coefficient (Wildman–Crippen LogP) is 4.62. The minimum atomic E-state index is -0.0710. The number of hydrogen-bond donors (Lipinski definition) is 1. The molecule has 0 spiro atoms. The fraction of sp³-hybridized carbons (Fsp3) is 0.280. The molecule has 1 aliphatic heterocycles. The van der Waals surface area contributed by atoms with Crippen molar-refractivity contribution in [2.24, 2.45) is 0 Å². The van der Waals surface area contributed by atoms with Crippen LogP contribution >= 0.6 is 12.2 Å². The van der Waals surface area contributed by atoms with Gasteiger partial charge in [0.15, 0.2) is 11.5 Å². The predicted molar refractivity (Wildman–Crippen MR) is 132 cm³/mol. The topological polar surface area (TPSA) is 98.4 Å². The average Bonchev–Trinajstić information content (AvgIpc) is 3.55. The van der Waals surface area contributed by atoms with Crippen molar-refractivity contribution in [3.63, 3.8) is 0 Å². The quantitative estimate of drug-likeness (QED) is 0.393. The number of aromatic nitrogens is 4. The Balaban J connectivity index is 1.47. The van der Waals surface area contributed by atoms with Crippen LogP contribution in [-0.2, 0) is 0 Å². The second kappa shape index (κ2) is 9.75. The molecule has 1 aliphatic rings. The van der Waals surface area contributed by atoms with Crippen LogP contribution < -0.4 is 9.47 Å². The zero-order valence-corrected chi connectivity index (χ0v) is 20.2. The maximum Gasteiger partial charge on any atom is 0.284 e. The molecule has 0 radical (unpaired) electrons. The molecule has 9 nitrogen and oxygen atoms in total. The van der Waals surface area contributed by atoms with Crippen LogP contribution in [0, 0.1) is 4.84 Å². The van der Waals surface area contributed by atoms with Crippen molar-refractivity contribution in [2.45, 2.75) is 18.8 Å². The van der Waals surface area contributed by atoms with Crippen LogP contribution in [-0.4, -0.2) is 58.1 Å². The Morgan fingerprint density at radius 1 is 1.09 bits per heavy atom. The zero-order chi connectivity index (χ0) is 24.4. The lowest BCUT2D eigenvalue weighted by Gasteiger charge is -2.30. The van der Waals surface area contributed by atoms with Gasteiger partial charge in [-0.15, -0.1) is 5.10 Å². The number of carbonyl (C=O) groups excluding carboxylic acids is 1. The van der Waals surface area contributed by atoms with E-state index >= 15 is 0 Å². The van der Waals surface area contributed by atoms with E-state index in [-0.39, 0.29) is 16.7 Å². The lowest BCUT2D eigenvalue weighted by molar-refractivity contribution is 0.0707. The number of hydrogen-bond acceptors (Lipinski definition) is 7. The summed E-state index contributed by atoms with van der Waals surface area (Å²) in [4.78, 5) is 15.8. The normalized spacial score (nSPS) is 14.2. The van der Waals surface area contributed by atoms with E-state index in [0.29, 0.717) is 41.7 Å². The molecule has 2 aromatic heterocycles. The van der Waals surface area contributed by atoms with Gasteiger partial charge in [0.25, 0.3) is 10.7 Å². The Morgan fingerprint density at radius 3 is 2.49 bits per heavy atom. The molecule has 0 aliphatic carbocycles. The number of carbonyl (C=O) groups is 1. The van der Waals surface area contributed by atoms with Gasteiger partial charge in [-0.2, -0.15) is 5.10 Å². The number of amides is 1. The molecule has 10 heteroatoms. The number of para-hydroxylation sites is 1. The smallest absolute Gasteiger partial charge is 0.284 e. The minimum Gasteiger partial charge on any atom is -0.493 e. The van der Waals surface area contributed by atoms with E-state index in [4.69, 9.17) is 31.2 Å². The van der Waals surface area contributed by atoms with Crippen LogP contribution in [0.25, 0.3) is 16.9 Å². The molecule has 1 N–H and O–H groups in total. The van der Waals surface area contributed by atoms with E-state index in [1.54, 1.807) is 25.1 Å². The van der Waals surface area contributed by atoms with Gasteiger partial charge in [-0.25, -0.2) is 9.78 Å². The fourth-order valence-corrected chi connectivity index (χ4v) is 4.49. The van der Waals surface area contributed by atoms with Crippen molar-refractivity contribution in [2.75, 3.05) is 27.3 Å². The van der Waals surface area contributed by atoms with Crippen molar-refractivity contribution in [3.05, 3.63) is 71.0 Å². The van der Waals surface area contributed by atoms with Crippen LogP contribution in [0.1, 0.15) is 35.0 Å². The van der Waals surface area contributed by atoms with E-state index in [0.717, 1.165) is 24.1 Å². The highest BCUT2D eigenvalue weighted by molar-refractivity contribution is 7.71. The minimum absolute atomic E-state index is 0.0710. The van der Waals surface area contributed by atoms with Gasteiger partial charge in [0, 0.05) is 30.8 Å². The van der Waals surface area contributed by atoms with Crippen LogP contribution in [0.5, 0.6) is 11.5 Å². The van der Waals surface area contributed by atoms with Gasteiger partial charge in [0.1, 0.15) is 5.69 Å². The van der Waals surface area contributed by atoms with Crippen molar-refractivity contribution in [1.29, 1.82) is 0 Å². The third-order valence-corrected chi connectivity index (χ3v) is 6.38. The van der Waals surface area contributed by atoms with Gasteiger partial charge < -0.3 is 18.8 Å². The first-order chi connectivity index (χ1) is 17.1. The molecular formula is C25H25N5O4S. The van der Waals surface area contributed by atoms with Crippen molar-refractivity contribution < 1.29 is 18.7 Å². The van der Waals surface area contributed by atoms with Gasteiger partial charge in [-0.05, 0) is 55.4 Å². The summed E-state index contributed by atoms with van der Waals surface area (Å²) >= 11 is 4.99. The largest absolute Gasteiger partial charge is 0.493 e. The van der Waals surface area contributed by atoms with Gasteiger partial charge in [-0.3, -0.25) is 4.79 Å². The number of methoxy groups -OCH3 is 2. The van der Waals surface area contributed by atoms with Crippen molar-refractivity contribution >= 4 is 18.1 Å². The Morgan fingerprint density at radius 2 is 1.83 bits per heavy atom. The first kappa shape index (κ1) is 22.9. The molecule has 3 heterocycles. The lowest BCUT2D eigenvalue weighted by atomic mass is 9.96. The van der Waals surface area contributed by atoms with Crippen LogP contribution in [0.4, 0.5) is 0 Å². The summed E-state index contributed by atoms with van der Waals surface area (Å²) < 4.78 is 18.1. The number of aromatic amines is 1. The van der Waals surface area contributed by atoms with Crippen LogP contribution in [0.15, 0.2) is 59.1 Å². The van der Waals surface area contributed by atoms with E-state index in [1.807, 2.05) is 53.4 Å². The molecular weight excluding hydrogens is 466 g/mol. The summed E-state index contributed by atoms with van der Waals surface area (Å²) in [6.45, 7) is 1.17. The maximum atomic E-state index is 13.7. The zero-order valence-electron chi connectivity index (χ0n) is 19.4. The third-order valence-electron chi connectivity index (χ3n) is 6.21. The number of nitrogens with one attached hydrogen (secondary N) is 1. The highest BCUT2D eigenvalue weighted by Gasteiger charge is 2.30. The molecule has 0 unspecified atom stereocenters. The highest BCUT2D eigenvalue weighted by Crippen LogP contribution is 2.34. The van der Waals surface area contributed by atoms with Crippen LogP contribution in [0.3, 0.4) is 0 Å². The number of nitrogens with zero attached hydrogens (tertiary/aromatic N) is 4. The maximum absolute atomic E-state index is 13.7. The number of rotatable bonds is 6. The molecule has 1 saturated heterocycles. The summed E-state index contributed by atoms with van der Waals surface area (Å²) in [5, 5.41) is 11.6. The van der Waals surface area contributed by atoms with E-state index in [9.17, 15) is 4.79 Å². The number of ether oxygens (including phenoxy) is 2. The van der Waals surface area contributed by atoms with Crippen LogP contribution in [0.2, 0.25) is 0 Å². The summed E-state index contributed by atoms with van der Waals surface area (Å²) in [7, 11) is 3.17. The first-order valence-electron chi connectivity index (χ1n) is 11.3. The molecule has 4 aromatic rings. The van der Waals surface area contributed by atoms with Gasteiger partial charge in [-0.1, -0.05) is 18.2 Å². The molecule has 2 aromatic carbocycles. The highest BCUT2D eigenvalue weighted by atomic mass is 32.1. The summed E-state index contributed by atoms with van der Waals surface area (Å²) in [5.74, 6) is 1.84. The third kappa shape index (κ3) is 4.57. The average molecular weight is 492 g/mol. The summed E-state index contributed by atoms with van der Waals surface area (Å²) in [6.07, 6.45) is 3.28. The van der Waals surface area contributed by atoms with E-state index < -0.39 is 0 Å². The monoisotopic (exact) mass is 491 g/mol. The Labute approximate surface area is 207 Å². The molecule has 0 atom stereocenters. The van der Waals surface area contributed by atoms with Gasteiger partial charge in [0.2, 0.25) is 5.89 Å². The second-order valence-corrected chi connectivity index (χ2v) is 8.63. The first-order valence-corrected chi connectivity index (χ1v) is 11.7. The summed E-state index contributed by atoms with van der Waals surface area (Å²) in [5.41, 5.74) is 2.74. The molecule has 35 heavy (non-hydrogen) atoms. The molecule has 180 valence electrons.